The molecule has 0 aromatic heterocycles. The molecule has 0 saturated carbocycles. The van der Waals surface area contributed by atoms with Gasteiger partial charge in [0.1, 0.15) is 24.4 Å². The number of hydrogen-bond acceptors (Lipinski definition) is 7. The number of ether oxygens (including phenoxy) is 5. The van der Waals surface area contributed by atoms with Crippen LogP contribution in [0.2, 0.25) is 0 Å². The van der Waals surface area contributed by atoms with E-state index in [-0.39, 0.29) is 0 Å². The third-order valence-electron chi connectivity index (χ3n) is 3.59. The van der Waals surface area contributed by atoms with Gasteiger partial charge >= 0.3 is 0 Å². The summed E-state index contributed by atoms with van der Waals surface area (Å²) in [4.78, 5) is 9.99. The third kappa shape index (κ3) is 2.82. The van der Waals surface area contributed by atoms with Gasteiger partial charge in [-0.1, -0.05) is 0 Å². The lowest BCUT2D eigenvalue weighted by Gasteiger charge is -2.35. The average molecular weight is 301 g/mol. The predicted molar refractivity (Wildman–Crippen MR) is 68.7 cm³/mol. The van der Waals surface area contributed by atoms with Gasteiger partial charge < -0.3 is 23.7 Å². The number of hydrogen-bond donors (Lipinski definition) is 0. The van der Waals surface area contributed by atoms with Crippen molar-refractivity contribution in [1.29, 1.82) is 0 Å². The lowest BCUT2D eigenvalue weighted by atomic mass is 9.99. The summed E-state index contributed by atoms with van der Waals surface area (Å²) in [7, 11) is 0. The van der Waals surface area contributed by atoms with Gasteiger partial charge in [-0.15, -0.1) is 0 Å². The van der Waals surface area contributed by atoms with Gasteiger partial charge in [0.15, 0.2) is 17.9 Å². The fourth-order valence-electron chi connectivity index (χ4n) is 2.95. The van der Waals surface area contributed by atoms with Gasteiger partial charge in [0.25, 0.3) is 0 Å². The van der Waals surface area contributed by atoms with Crippen molar-refractivity contribution in [3.8, 4) is 0 Å². The third-order valence-corrected chi connectivity index (χ3v) is 3.59. The molecule has 5 atom stereocenters. The largest absolute Gasteiger partial charge is 0.342 e. The van der Waals surface area contributed by atoms with Crippen LogP contribution in [0.4, 0.5) is 0 Å². The molecule has 3 saturated heterocycles. The second kappa shape index (κ2) is 4.72. The Kier molecular flexibility index (Phi) is 3.34. The monoisotopic (exact) mass is 301 g/mol. The van der Waals surface area contributed by atoms with Gasteiger partial charge in [-0.2, -0.15) is 0 Å². The molecule has 0 N–H and O–H groups in total. The van der Waals surface area contributed by atoms with Gasteiger partial charge in [0.05, 0.1) is 4.92 Å². The smallest absolute Gasteiger partial charge is 0.233 e. The molecule has 0 unspecified atom stereocenters. The van der Waals surface area contributed by atoms with E-state index >= 15 is 0 Å². The van der Waals surface area contributed by atoms with Crippen LogP contribution in [0.1, 0.15) is 27.7 Å². The van der Waals surface area contributed by atoms with Crippen molar-refractivity contribution in [3.63, 3.8) is 0 Å². The first-order chi connectivity index (χ1) is 9.67. The summed E-state index contributed by atoms with van der Waals surface area (Å²) < 4.78 is 29.0. The molecule has 0 amide bonds. The summed E-state index contributed by atoms with van der Waals surface area (Å²) in [5.74, 6) is -1.60. The number of fused-ring (bicyclic) bond motifs is 3. The molecule has 118 valence electrons. The fraction of sp³-hybridized carbons (Fsp3) is 0.846. The topological polar surface area (TPSA) is 89.3 Å². The van der Waals surface area contributed by atoms with Crippen molar-refractivity contribution in [3.05, 3.63) is 22.4 Å². The van der Waals surface area contributed by atoms with Gasteiger partial charge in [-0.25, -0.2) is 0 Å². The van der Waals surface area contributed by atoms with Crippen molar-refractivity contribution in [1.82, 2.24) is 0 Å². The minimum Gasteiger partial charge on any atom is -0.342 e. The predicted octanol–water partition coefficient (Wildman–Crippen LogP) is 1.17. The van der Waals surface area contributed by atoms with E-state index in [1.54, 1.807) is 27.7 Å². The lowest BCUT2D eigenvalue weighted by Crippen LogP contribution is -2.54. The van der Waals surface area contributed by atoms with Crippen molar-refractivity contribution in [2.24, 2.45) is 0 Å². The molecule has 0 aliphatic carbocycles. The molecule has 3 fully saturated rings. The number of rotatable bonds is 2. The molecule has 8 heteroatoms. The zero-order valence-corrected chi connectivity index (χ0v) is 12.3. The Morgan fingerprint density at radius 2 is 1.52 bits per heavy atom. The summed E-state index contributed by atoms with van der Waals surface area (Å²) in [6.45, 7) is 7.14. The average Bonchev–Trinajstić information content (AvgIpc) is 2.80. The van der Waals surface area contributed by atoms with Crippen LogP contribution in [-0.2, 0) is 23.7 Å². The second-order valence-electron chi connectivity index (χ2n) is 6.26. The van der Waals surface area contributed by atoms with Crippen LogP contribution in [0.25, 0.3) is 0 Å². The molecular formula is C13H19NO7. The maximum absolute atomic E-state index is 10.5. The van der Waals surface area contributed by atoms with Crippen molar-refractivity contribution in [2.75, 3.05) is 0 Å². The Balaban J connectivity index is 1.86. The van der Waals surface area contributed by atoms with E-state index in [0.717, 1.165) is 6.20 Å². The zero-order chi connectivity index (χ0) is 15.4. The fourth-order valence-corrected chi connectivity index (χ4v) is 2.95. The van der Waals surface area contributed by atoms with Gasteiger partial charge in [-0.3, -0.25) is 10.1 Å². The Labute approximate surface area is 122 Å². The first kappa shape index (κ1) is 14.9. The summed E-state index contributed by atoms with van der Waals surface area (Å²) >= 11 is 0. The highest BCUT2D eigenvalue weighted by Crippen LogP contribution is 2.44. The standard InChI is InChI=1S/C13H19NO7/c1-12(2)18-8-7(5-6-14(15)16)17-11-10(9(8)19-12)20-13(3,4)21-11/h5-11H,1-4H3/b6-5+/t7-,8+,9+,10-,11-/m1/s1. The van der Waals surface area contributed by atoms with Gasteiger partial charge in [0, 0.05) is 6.08 Å². The van der Waals surface area contributed by atoms with E-state index < -0.39 is 47.2 Å². The molecule has 3 heterocycles. The van der Waals surface area contributed by atoms with Gasteiger partial charge in [-0.05, 0) is 27.7 Å². The summed E-state index contributed by atoms with van der Waals surface area (Å²) in [6.07, 6.45) is -0.365. The van der Waals surface area contributed by atoms with Crippen LogP contribution >= 0.6 is 0 Å². The van der Waals surface area contributed by atoms with E-state index in [9.17, 15) is 10.1 Å². The summed E-state index contributed by atoms with van der Waals surface area (Å²) in [6, 6.07) is 0. The Morgan fingerprint density at radius 1 is 0.952 bits per heavy atom. The number of nitrogens with zero attached hydrogens (tertiary/aromatic N) is 1. The highest BCUT2D eigenvalue weighted by molar-refractivity contribution is 5.05. The van der Waals surface area contributed by atoms with Crippen LogP contribution in [0.15, 0.2) is 12.3 Å². The maximum atomic E-state index is 10.5. The Bertz CT molecular complexity index is 475. The SMILES string of the molecule is CC1(C)O[C@H]2[C@@H](O1)[C@@H](/C=C/[N+](=O)[O-])O[C@@H]1OC(C)(C)O[C@@H]12. The Morgan fingerprint density at radius 3 is 2.19 bits per heavy atom. The normalized spacial score (nSPS) is 43.7. The molecule has 0 aromatic carbocycles. The van der Waals surface area contributed by atoms with Crippen molar-refractivity contribution in [2.45, 2.75) is 70.0 Å². The molecule has 0 radical (unpaired) electrons. The first-order valence-electron chi connectivity index (χ1n) is 6.85. The Hall–Kier alpha value is -1.06. The molecule has 0 aromatic rings. The minimum atomic E-state index is -0.801. The molecule has 3 rings (SSSR count). The molecule has 0 spiro atoms. The van der Waals surface area contributed by atoms with Crippen LogP contribution in [0.5, 0.6) is 0 Å². The zero-order valence-electron chi connectivity index (χ0n) is 12.3. The summed E-state index contributed by atoms with van der Waals surface area (Å²) in [5.41, 5.74) is 0. The summed E-state index contributed by atoms with van der Waals surface area (Å²) in [5, 5.41) is 10.5. The van der Waals surface area contributed by atoms with Gasteiger partial charge in [0.2, 0.25) is 6.20 Å². The molecule has 8 nitrogen and oxygen atoms in total. The van der Waals surface area contributed by atoms with Crippen molar-refractivity contribution < 1.29 is 28.6 Å². The van der Waals surface area contributed by atoms with Crippen LogP contribution in [-0.4, -0.2) is 47.2 Å². The molecule has 3 aliphatic heterocycles. The van der Waals surface area contributed by atoms with Crippen molar-refractivity contribution >= 4 is 0 Å². The first-order valence-corrected chi connectivity index (χ1v) is 6.85. The minimum absolute atomic E-state index is 0.401. The molecule has 3 aliphatic rings. The van der Waals surface area contributed by atoms with E-state index in [4.69, 9.17) is 23.7 Å². The quantitative estimate of drug-likeness (QED) is 0.558. The van der Waals surface area contributed by atoms with Crippen LogP contribution in [0.3, 0.4) is 0 Å². The lowest BCUT2D eigenvalue weighted by molar-refractivity contribution is -0.403. The van der Waals surface area contributed by atoms with E-state index in [1.165, 1.54) is 6.08 Å². The molecular weight excluding hydrogens is 282 g/mol. The highest BCUT2D eigenvalue weighted by Gasteiger charge is 2.60. The molecule has 0 bridgehead atoms. The highest BCUT2D eigenvalue weighted by atomic mass is 16.9. The van der Waals surface area contributed by atoms with E-state index in [2.05, 4.69) is 0 Å². The van der Waals surface area contributed by atoms with Crippen LogP contribution < -0.4 is 0 Å². The van der Waals surface area contributed by atoms with E-state index in [1.807, 2.05) is 0 Å². The second-order valence-corrected chi connectivity index (χ2v) is 6.26. The van der Waals surface area contributed by atoms with E-state index in [0.29, 0.717) is 0 Å². The van der Waals surface area contributed by atoms with Crippen LogP contribution in [0, 0.1) is 10.1 Å². The molecule has 21 heavy (non-hydrogen) atoms. The number of nitro groups is 1. The maximum Gasteiger partial charge on any atom is 0.233 e.